The van der Waals surface area contributed by atoms with Gasteiger partial charge in [-0.25, -0.2) is 4.39 Å². The van der Waals surface area contributed by atoms with E-state index in [9.17, 15) is 9.18 Å². The van der Waals surface area contributed by atoms with Crippen molar-refractivity contribution in [1.29, 1.82) is 0 Å². The summed E-state index contributed by atoms with van der Waals surface area (Å²) in [6.07, 6.45) is 5.58. The highest BCUT2D eigenvalue weighted by atomic mass is 19.1. The third-order valence-corrected chi connectivity index (χ3v) is 5.39. The van der Waals surface area contributed by atoms with Gasteiger partial charge < -0.3 is 4.90 Å². The molecular weight excluding hydrogens is 319 g/mol. The number of amides is 1. The molecule has 2 aliphatic heterocycles. The number of aryl methyl sites for hydroxylation is 1. The maximum absolute atomic E-state index is 13.1. The molecule has 3 heterocycles. The molecule has 132 valence electrons. The van der Waals surface area contributed by atoms with E-state index in [2.05, 4.69) is 23.1 Å². The van der Waals surface area contributed by atoms with Gasteiger partial charge in [0.05, 0.1) is 6.20 Å². The van der Waals surface area contributed by atoms with Gasteiger partial charge in [-0.1, -0.05) is 12.1 Å². The van der Waals surface area contributed by atoms with Crippen LogP contribution in [-0.2, 0) is 24.4 Å². The Kier molecular flexibility index (Phi) is 4.29. The van der Waals surface area contributed by atoms with E-state index < -0.39 is 0 Å². The van der Waals surface area contributed by atoms with Crippen LogP contribution in [0.3, 0.4) is 0 Å². The highest BCUT2D eigenvalue weighted by Crippen LogP contribution is 2.34. The first-order valence-corrected chi connectivity index (χ1v) is 8.93. The van der Waals surface area contributed by atoms with Crippen molar-refractivity contribution < 1.29 is 9.18 Å². The molecular formula is C19H23FN4O. The van der Waals surface area contributed by atoms with Gasteiger partial charge in [0.15, 0.2) is 0 Å². The second-order valence-corrected chi connectivity index (χ2v) is 6.95. The van der Waals surface area contributed by atoms with Gasteiger partial charge in [0.25, 0.3) is 0 Å². The molecule has 1 aromatic heterocycles. The van der Waals surface area contributed by atoms with Crippen LogP contribution in [0, 0.1) is 5.82 Å². The molecule has 5 nitrogen and oxygen atoms in total. The minimum Gasteiger partial charge on any atom is -0.334 e. The van der Waals surface area contributed by atoms with E-state index in [-0.39, 0.29) is 23.8 Å². The monoisotopic (exact) mass is 342 g/mol. The van der Waals surface area contributed by atoms with Gasteiger partial charge in [0.1, 0.15) is 5.82 Å². The molecule has 0 spiro atoms. The number of fused-ring (bicyclic) bond motifs is 1. The summed E-state index contributed by atoms with van der Waals surface area (Å²) in [4.78, 5) is 16.9. The van der Waals surface area contributed by atoms with Crippen molar-refractivity contribution in [2.24, 2.45) is 0 Å². The van der Waals surface area contributed by atoms with Crippen molar-refractivity contribution in [3.05, 3.63) is 53.6 Å². The number of hydrogen-bond acceptors (Lipinski definition) is 3. The van der Waals surface area contributed by atoms with Gasteiger partial charge in [-0.15, -0.1) is 0 Å². The van der Waals surface area contributed by atoms with Crippen molar-refractivity contribution >= 4 is 5.91 Å². The Balaban J connectivity index is 1.44. The molecule has 0 bridgehead atoms. The molecule has 2 aromatic rings. The average molecular weight is 342 g/mol. The molecule has 2 saturated heterocycles. The lowest BCUT2D eigenvalue weighted by molar-refractivity contribution is -0.129. The smallest absolute Gasteiger partial charge is 0.224 e. The summed E-state index contributed by atoms with van der Waals surface area (Å²) in [7, 11) is 0. The Hall–Kier alpha value is -2.21. The van der Waals surface area contributed by atoms with Crippen LogP contribution in [0.2, 0.25) is 0 Å². The van der Waals surface area contributed by atoms with Crippen LogP contribution in [0.15, 0.2) is 36.7 Å². The molecule has 0 saturated carbocycles. The first-order valence-electron chi connectivity index (χ1n) is 8.93. The van der Waals surface area contributed by atoms with Crippen LogP contribution in [0.5, 0.6) is 0 Å². The van der Waals surface area contributed by atoms with Crippen LogP contribution in [0.1, 0.15) is 30.9 Å². The number of carbonyl (C=O) groups excluding carboxylic acids is 1. The first-order chi connectivity index (χ1) is 12.1. The number of aromatic nitrogens is 2. The van der Waals surface area contributed by atoms with Gasteiger partial charge in [-0.3, -0.25) is 14.4 Å². The van der Waals surface area contributed by atoms with E-state index in [1.165, 1.54) is 17.7 Å². The van der Waals surface area contributed by atoms with Gasteiger partial charge in [-0.2, -0.15) is 5.10 Å². The molecule has 2 aliphatic rings. The van der Waals surface area contributed by atoms with Crippen LogP contribution in [0.25, 0.3) is 0 Å². The summed E-state index contributed by atoms with van der Waals surface area (Å²) in [6.45, 7) is 5.36. The quantitative estimate of drug-likeness (QED) is 0.838. The predicted molar refractivity (Wildman–Crippen MR) is 92.1 cm³/mol. The molecule has 1 aromatic carbocycles. The SMILES string of the molecule is CCn1cc(CN2CC[C@H]3[C@@H]2CC(=O)N3Cc2ccc(F)cc2)cn1. The fourth-order valence-corrected chi connectivity index (χ4v) is 4.09. The number of benzene rings is 1. The van der Waals surface area contributed by atoms with Crippen molar-refractivity contribution in [2.45, 2.75) is 51.5 Å². The van der Waals surface area contributed by atoms with Crippen LogP contribution in [0.4, 0.5) is 4.39 Å². The molecule has 0 unspecified atom stereocenters. The fraction of sp³-hybridized carbons (Fsp3) is 0.474. The largest absolute Gasteiger partial charge is 0.334 e. The molecule has 4 rings (SSSR count). The van der Waals surface area contributed by atoms with Gasteiger partial charge in [-0.05, 0) is 31.0 Å². The lowest BCUT2D eigenvalue weighted by atomic mass is 10.1. The highest BCUT2D eigenvalue weighted by molar-refractivity contribution is 5.80. The number of nitrogens with zero attached hydrogens (tertiary/aromatic N) is 4. The third-order valence-electron chi connectivity index (χ3n) is 5.39. The number of rotatable bonds is 5. The summed E-state index contributed by atoms with van der Waals surface area (Å²) in [5, 5.41) is 4.34. The molecule has 2 fully saturated rings. The normalized spacial score (nSPS) is 23.4. The Morgan fingerprint density at radius 1 is 1.16 bits per heavy atom. The van der Waals surface area contributed by atoms with Crippen LogP contribution in [-0.4, -0.2) is 44.1 Å². The molecule has 1 amide bonds. The van der Waals surface area contributed by atoms with Gasteiger partial charge >= 0.3 is 0 Å². The van der Waals surface area contributed by atoms with E-state index >= 15 is 0 Å². The van der Waals surface area contributed by atoms with Crippen LogP contribution >= 0.6 is 0 Å². The summed E-state index contributed by atoms with van der Waals surface area (Å²) >= 11 is 0. The molecule has 2 atom stereocenters. The molecule has 0 aliphatic carbocycles. The van der Waals surface area contributed by atoms with Crippen molar-refractivity contribution in [1.82, 2.24) is 19.6 Å². The highest BCUT2D eigenvalue weighted by Gasteiger charge is 2.46. The lowest BCUT2D eigenvalue weighted by Gasteiger charge is -2.25. The standard InChI is InChI=1S/C19H23FN4O/c1-2-23-12-15(10-21-23)11-22-8-7-17-18(22)9-19(25)24(17)13-14-3-5-16(20)6-4-14/h3-6,10,12,17-18H,2,7-9,11,13H2,1H3/t17-,18-/m0/s1. The molecule has 0 radical (unpaired) electrons. The topological polar surface area (TPSA) is 41.4 Å². The summed E-state index contributed by atoms with van der Waals surface area (Å²) in [6, 6.07) is 6.99. The number of hydrogen-bond donors (Lipinski definition) is 0. The second kappa shape index (κ2) is 6.59. The van der Waals surface area contributed by atoms with Gasteiger partial charge in [0.2, 0.25) is 5.91 Å². The van der Waals surface area contributed by atoms with Gasteiger partial charge in [0, 0.05) is 56.4 Å². The van der Waals surface area contributed by atoms with E-state index in [0.717, 1.165) is 31.6 Å². The minimum atomic E-state index is -0.242. The molecule has 0 N–H and O–H groups in total. The van der Waals surface area contributed by atoms with E-state index in [1.807, 2.05) is 15.8 Å². The van der Waals surface area contributed by atoms with Crippen molar-refractivity contribution in [3.8, 4) is 0 Å². The summed E-state index contributed by atoms with van der Waals surface area (Å²) in [5.74, 6) is -0.0395. The minimum absolute atomic E-state index is 0.202. The Bertz CT molecular complexity index is 757. The van der Waals surface area contributed by atoms with Crippen molar-refractivity contribution in [3.63, 3.8) is 0 Å². The molecule has 25 heavy (non-hydrogen) atoms. The first kappa shape index (κ1) is 16.3. The number of likely N-dealkylation sites (tertiary alicyclic amines) is 2. The fourth-order valence-electron chi connectivity index (χ4n) is 4.09. The zero-order chi connectivity index (χ0) is 17.4. The molecule has 6 heteroatoms. The Morgan fingerprint density at radius 3 is 2.68 bits per heavy atom. The summed E-state index contributed by atoms with van der Waals surface area (Å²) in [5.41, 5.74) is 2.19. The summed E-state index contributed by atoms with van der Waals surface area (Å²) < 4.78 is 15.0. The van der Waals surface area contributed by atoms with E-state index in [4.69, 9.17) is 0 Å². The zero-order valence-corrected chi connectivity index (χ0v) is 14.4. The van der Waals surface area contributed by atoms with E-state index in [1.54, 1.807) is 12.1 Å². The number of halogens is 1. The lowest BCUT2D eigenvalue weighted by Crippen LogP contribution is -2.36. The Labute approximate surface area is 147 Å². The second-order valence-electron chi connectivity index (χ2n) is 6.95. The zero-order valence-electron chi connectivity index (χ0n) is 14.4. The van der Waals surface area contributed by atoms with E-state index in [0.29, 0.717) is 13.0 Å². The Morgan fingerprint density at radius 2 is 1.96 bits per heavy atom. The predicted octanol–water partition coefficient (Wildman–Crippen LogP) is 2.42. The van der Waals surface area contributed by atoms with Crippen molar-refractivity contribution in [2.75, 3.05) is 6.54 Å². The maximum atomic E-state index is 13.1. The average Bonchev–Trinajstić information content (AvgIpc) is 3.29. The number of carbonyl (C=O) groups is 1. The third kappa shape index (κ3) is 3.18. The maximum Gasteiger partial charge on any atom is 0.224 e. The van der Waals surface area contributed by atoms with Crippen LogP contribution < -0.4 is 0 Å².